The molecule has 0 atom stereocenters. The predicted molar refractivity (Wildman–Crippen MR) is 147 cm³/mol. The molecule has 4 heteroatoms. The van der Waals surface area contributed by atoms with Gasteiger partial charge >= 0.3 is 0 Å². The van der Waals surface area contributed by atoms with E-state index in [1.54, 1.807) is 6.33 Å². The van der Waals surface area contributed by atoms with E-state index in [0.717, 1.165) is 45.5 Å². The summed E-state index contributed by atoms with van der Waals surface area (Å²) in [4.78, 5) is 14.4. The number of aromatic nitrogens is 3. The molecule has 0 aliphatic carbocycles. The summed E-state index contributed by atoms with van der Waals surface area (Å²) < 4.78 is 2.44. The molecule has 5 aromatic rings. The third-order valence-corrected chi connectivity index (χ3v) is 7.20. The molecule has 0 aliphatic heterocycles. The van der Waals surface area contributed by atoms with Gasteiger partial charge in [-0.15, -0.1) is 11.3 Å². The molecule has 3 heterocycles. The number of hydrogen-bond acceptors (Lipinski definition) is 4. The van der Waals surface area contributed by atoms with Gasteiger partial charge in [-0.2, -0.15) is 0 Å². The number of hydrogen-bond donors (Lipinski definition) is 0. The largest absolute Gasteiger partial charge is 0.253 e. The number of aryl methyl sites for hydroxylation is 1. The normalized spacial score (nSPS) is 12.8. The van der Waals surface area contributed by atoms with Crippen molar-refractivity contribution in [2.75, 3.05) is 0 Å². The summed E-state index contributed by atoms with van der Waals surface area (Å²) in [5.74, 6) is 0. The quantitative estimate of drug-likeness (QED) is 0.267. The first-order valence-corrected chi connectivity index (χ1v) is 12.9. The Kier molecular flexibility index (Phi) is 5.48. The van der Waals surface area contributed by atoms with Crippen molar-refractivity contribution in [2.24, 2.45) is 10.8 Å². The highest BCUT2D eigenvalue weighted by atomic mass is 32.1. The van der Waals surface area contributed by atoms with E-state index in [4.69, 9.17) is 15.0 Å². The summed E-state index contributed by atoms with van der Waals surface area (Å²) in [7, 11) is 0. The van der Waals surface area contributed by atoms with Crippen molar-refractivity contribution in [1.29, 1.82) is 0 Å². The van der Waals surface area contributed by atoms with Crippen molar-refractivity contribution < 1.29 is 0 Å². The van der Waals surface area contributed by atoms with Crippen molar-refractivity contribution in [3.05, 3.63) is 65.6 Å². The lowest BCUT2D eigenvalue weighted by Crippen LogP contribution is -2.10. The Morgan fingerprint density at radius 2 is 1.56 bits per heavy atom. The first-order chi connectivity index (χ1) is 16.0. The molecule has 0 bridgehead atoms. The van der Waals surface area contributed by atoms with Crippen molar-refractivity contribution >= 4 is 42.5 Å². The van der Waals surface area contributed by atoms with Crippen molar-refractivity contribution in [2.45, 2.75) is 61.3 Å². The molecule has 0 saturated heterocycles. The predicted octanol–water partition coefficient (Wildman–Crippen LogP) is 8.55. The molecule has 0 unspecified atom stereocenters. The Bertz CT molecular complexity index is 1530. The average molecular weight is 468 g/mol. The molecule has 0 amide bonds. The number of rotatable bonds is 3. The number of pyridine rings is 1. The Morgan fingerprint density at radius 1 is 0.794 bits per heavy atom. The van der Waals surface area contributed by atoms with Crippen LogP contribution in [0, 0.1) is 17.8 Å². The zero-order chi connectivity index (χ0) is 24.3. The van der Waals surface area contributed by atoms with E-state index in [9.17, 15) is 0 Å². The van der Waals surface area contributed by atoms with Gasteiger partial charge in [0.15, 0.2) is 0 Å². The second-order valence-corrected chi connectivity index (χ2v) is 13.0. The fourth-order valence-electron chi connectivity index (χ4n) is 4.80. The molecule has 0 spiro atoms. The zero-order valence-corrected chi connectivity index (χ0v) is 22.1. The molecule has 174 valence electrons. The lowest BCUT2D eigenvalue weighted by atomic mass is 9.86. The van der Waals surface area contributed by atoms with Crippen LogP contribution in [0.4, 0.5) is 0 Å². The van der Waals surface area contributed by atoms with Crippen LogP contribution >= 0.6 is 11.3 Å². The molecule has 0 fully saturated rings. The van der Waals surface area contributed by atoms with Gasteiger partial charge in [-0.05, 0) is 66.0 Å². The zero-order valence-electron chi connectivity index (χ0n) is 21.3. The van der Waals surface area contributed by atoms with E-state index >= 15 is 0 Å². The van der Waals surface area contributed by atoms with Crippen LogP contribution in [0.3, 0.4) is 0 Å². The van der Waals surface area contributed by atoms with Crippen LogP contribution in [0.1, 0.15) is 58.4 Å². The maximum atomic E-state index is 4.90. The minimum Gasteiger partial charge on any atom is -0.253 e. The van der Waals surface area contributed by atoms with Gasteiger partial charge in [0.1, 0.15) is 6.33 Å². The summed E-state index contributed by atoms with van der Waals surface area (Å²) in [6.45, 7) is 15.8. The standard InChI is InChI=1S/C30H33N3S/c1-18-8-10-20-13-21(14-22(25(20)33-18)16-30(5,6)7)26-28-27(32-17-31-26)23-11-9-19(12-24(23)34-28)15-29(2,3)4/h8-14,17H,15-16H2,1-7H3. The molecule has 34 heavy (non-hydrogen) atoms. The number of nitrogens with zero attached hydrogens (tertiary/aromatic N) is 3. The lowest BCUT2D eigenvalue weighted by molar-refractivity contribution is 0.411. The molecular formula is C30H33N3S. The Morgan fingerprint density at radius 3 is 2.29 bits per heavy atom. The second kappa shape index (κ2) is 8.13. The van der Waals surface area contributed by atoms with Crippen molar-refractivity contribution in [1.82, 2.24) is 15.0 Å². The highest BCUT2D eigenvalue weighted by Gasteiger charge is 2.19. The van der Waals surface area contributed by atoms with E-state index < -0.39 is 0 Å². The van der Waals surface area contributed by atoms with Gasteiger partial charge in [-0.25, -0.2) is 9.97 Å². The topological polar surface area (TPSA) is 38.7 Å². The molecule has 5 rings (SSSR count). The molecule has 0 radical (unpaired) electrons. The van der Waals surface area contributed by atoms with E-state index in [1.165, 1.54) is 26.6 Å². The molecular weight excluding hydrogens is 434 g/mol. The maximum Gasteiger partial charge on any atom is 0.116 e. The summed E-state index contributed by atoms with van der Waals surface area (Å²) in [6, 6.07) is 15.7. The van der Waals surface area contributed by atoms with E-state index in [-0.39, 0.29) is 10.8 Å². The average Bonchev–Trinajstić information content (AvgIpc) is 3.09. The highest BCUT2D eigenvalue weighted by molar-refractivity contribution is 7.26. The molecule has 2 aromatic carbocycles. The van der Waals surface area contributed by atoms with Crippen LogP contribution in [0.25, 0.3) is 42.5 Å². The van der Waals surface area contributed by atoms with Crippen LogP contribution in [0.5, 0.6) is 0 Å². The molecule has 3 aromatic heterocycles. The summed E-state index contributed by atoms with van der Waals surface area (Å²) in [5, 5.41) is 2.39. The summed E-state index contributed by atoms with van der Waals surface area (Å²) in [6.07, 6.45) is 3.74. The van der Waals surface area contributed by atoms with Crippen molar-refractivity contribution in [3.63, 3.8) is 0 Å². The van der Waals surface area contributed by atoms with Crippen LogP contribution in [0.2, 0.25) is 0 Å². The third-order valence-electron chi connectivity index (χ3n) is 6.06. The first-order valence-electron chi connectivity index (χ1n) is 12.0. The van der Waals surface area contributed by atoms with Crippen LogP contribution in [-0.4, -0.2) is 15.0 Å². The first kappa shape index (κ1) is 22.9. The van der Waals surface area contributed by atoms with Crippen LogP contribution in [-0.2, 0) is 12.8 Å². The Balaban J connectivity index is 1.71. The maximum absolute atomic E-state index is 4.90. The second-order valence-electron chi connectivity index (χ2n) is 12.0. The highest BCUT2D eigenvalue weighted by Crippen LogP contribution is 2.40. The van der Waals surface area contributed by atoms with Gasteiger partial charge in [0.25, 0.3) is 0 Å². The lowest BCUT2D eigenvalue weighted by Gasteiger charge is -2.20. The molecule has 0 aliphatic rings. The Hall–Kier alpha value is -2.85. The molecule has 0 N–H and O–H groups in total. The Labute approximate surface area is 206 Å². The summed E-state index contributed by atoms with van der Waals surface area (Å²) >= 11 is 1.81. The van der Waals surface area contributed by atoms with E-state index in [0.29, 0.717) is 0 Å². The van der Waals surface area contributed by atoms with Crippen LogP contribution in [0.15, 0.2) is 48.8 Å². The van der Waals surface area contributed by atoms with Gasteiger partial charge in [-0.3, -0.25) is 4.98 Å². The van der Waals surface area contributed by atoms with Gasteiger partial charge in [0.05, 0.1) is 21.4 Å². The van der Waals surface area contributed by atoms with Gasteiger partial charge in [0.2, 0.25) is 0 Å². The summed E-state index contributed by atoms with van der Waals surface area (Å²) in [5.41, 5.74) is 8.45. The molecule has 0 saturated carbocycles. The van der Waals surface area contributed by atoms with Gasteiger partial charge in [-0.1, -0.05) is 59.7 Å². The van der Waals surface area contributed by atoms with E-state index in [1.807, 2.05) is 11.3 Å². The van der Waals surface area contributed by atoms with Crippen molar-refractivity contribution in [3.8, 4) is 11.3 Å². The SMILES string of the molecule is Cc1ccc2cc(-c3ncnc4c3sc3cc(CC(C)(C)C)ccc34)cc(CC(C)(C)C)c2n1. The minimum absolute atomic E-state index is 0.166. The van der Waals surface area contributed by atoms with Crippen LogP contribution < -0.4 is 0 Å². The number of benzene rings is 2. The van der Waals surface area contributed by atoms with Gasteiger partial charge < -0.3 is 0 Å². The third kappa shape index (κ3) is 4.56. The van der Waals surface area contributed by atoms with Gasteiger partial charge in [0, 0.05) is 26.7 Å². The fourth-order valence-corrected chi connectivity index (χ4v) is 6.03. The monoisotopic (exact) mass is 467 g/mol. The molecule has 3 nitrogen and oxygen atoms in total. The fraction of sp³-hybridized carbons (Fsp3) is 0.367. The minimum atomic E-state index is 0.166. The smallest absolute Gasteiger partial charge is 0.116 e. The number of fused-ring (bicyclic) bond motifs is 4. The van der Waals surface area contributed by atoms with E-state index in [2.05, 4.69) is 90.9 Å². The number of thiophene rings is 1.